The smallest absolute Gasteiger partial charge is 0.0528 e. The van der Waals surface area contributed by atoms with E-state index in [1.54, 1.807) is 0 Å². The summed E-state index contributed by atoms with van der Waals surface area (Å²) < 4.78 is 9.52. The molecule has 7 aromatic heterocycles. The molecule has 0 atom stereocenters. The van der Waals surface area contributed by atoms with E-state index in [-0.39, 0.29) is 0 Å². The van der Waals surface area contributed by atoms with Gasteiger partial charge in [0, 0.05) is 191 Å². The van der Waals surface area contributed by atoms with Gasteiger partial charge >= 0.3 is 0 Å². The fourth-order valence-electron chi connectivity index (χ4n) is 14.8. The molecule has 0 fully saturated rings. The number of likely N-dealkylation sites (N-methyl/N-ethyl adjacent to an activating group) is 3. The number of aryl methyl sites for hydroxylation is 4. The molecule has 0 saturated carbocycles. The number of hydrogen-bond donors (Lipinski definition) is 0. The van der Waals surface area contributed by atoms with Crippen molar-refractivity contribution in [1.29, 1.82) is 0 Å². The van der Waals surface area contributed by atoms with Crippen molar-refractivity contribution < 1.29 is 0 Å². The van der Waals surface area contributed by atoms with Crippen LogP contribution in [0.25, 0.3) is 92.7 Å². The van der Waals surface area contributed by atoms with Crippen LogP contribution in [0, 0.1) is 27.7 Å². The lowest BCUT2D eigenvalue weighted by atomic mass is 10.0. The Hall–Kier alpha value is -10.3. The third kappa shape index (κ3) is 14.5. The molecule has 4 aliphatic rings. The lowest BCUT2D eigenvalue weighted by Gasteiger charge is -2.28. The molecule has 13 aromatic rings. The highest BCUT2D eigenvalue weighted by atomic mass is 15.2. The molecular weight excluding hydrogens is 1200 g/mol. The summed E-state index contributed by atoms with van der Waals surface area (Å²) in [4.78, 5) is 22.3. The van der Waals surface area contributed by atoms with E-state index in [0.29, 0.717) is 0 Å². The molecule has 6 aromatic carbocycles. The molecule has 0 saturated heterocycles. The van der Waals surface area contributed by atoms with E-state index in [0.717, 1.165) is 95.7 Å². The molecule has 11 heterocycles. The summed E-state index contributed by atoms with van der Waals surface area (Å²) in [7, 11) is 6.61. The van der Waals surface area contributed by atoms with Crippen molar-refractivity contribution in [2.45, 2.75) is 86.1 Å². The molecule has 98 heavy (non-hydrogen) atoms. The lowest BCUT2D eigenvalue weighted by Crippen LogP contribution is -2.30. The maximum atomic E-state index is 4.23. The van der Waals surface area contributed by atoms with Gasteiger partial charge in [-0.15, -0.1) is 0 Å². The largest absolute Gasteiger partial charge is 0.320 e. The van der Waals surface area contributed by atoms with E-state index in [4.69, 9.17) is 0 Å². The number of pyridine rings is 3. The molecule has 0 bridgehead atoms. The minimum absolute atomic E-state index is 0.998. The summed E-state index contributed by atoms with van der Waals surface area (Å²) in [6.07, 6.45) is 33.0. The van der Waals surface area contributed by atoms with Gasteiger partial charge in [-0.2, -0.15) is 0 Å². The molecule has 0 aliphatic carbocycles. The Kier molecular flexibility index (Phi) is 19.6. The van der Waals surface area contributed by atoms with Gasteiger partial charge in [0.2, 0.25) is 0 Å². The summed E-state index contributed by atoms with van der Waals surface area (Å²) in [5.41, 5.74) is 28.3. The van der Waals surface area contributed by atoms with Crippen molar-refractivity contribution in [2.24, 2.45) is 0 Å². The molecule has 0 unspecified atom stereocenters. The second-order valence-corrected chi connectivity index (χ2v) is 27.2. The molecule has 4 aliphatic heterocycles. The van der Waals surface area contributed by atoms with Crippen molar-refractivity contribution in [3.05, 3.63) is 302 Å². The summed E-state index contributed by atoms with van der Waals surface area (Å²) in [5.74, 6) is 0. The van der Waals surface area contributed by atoms with Crippen molar-refractivity contribution in [3.8, 4) is 0 Å². The molecule has 0 N–H and O–H groups in total. The third-order valence-corrected chi connectivity index (χ3v) is 19.8. The second kappa shape index (κ2) is 29.6. The quantitative estimate of drug-likeness (QED) is 0.135. The van der Waals surface area contributed by atoms with Crippen LogP contribution in [0.5, 0.6) is 0 Å². The zero-order chi connectivity index (χ0) is 67.1. The number of nitrogens with zero attached hydrogens (tertiary/aromatic N) is 11. The monoisotopic (exact) mass is 1290 g/mol. The Morgan fingerprint density at radius 3 is 1.04 bits per heavy atom. The highest BCUT2D eigenvalue weighted by molar-refractivity contribution is 5.92. The van der Waals surface area contributed by atoms with Gasteiger partial charge < -0.3 is 33.0 Å². The zero-order valence-corrected chi connectivity index (χ0v) is 57.9. The molecular formula is C87H89N11. The van der Waals surface area contributed by atoms with Gasteiger partial charge in [0.15, 0.2) is 0 Å². The SMILES string of the molecule is Cc1ccc2c(c1)c1c(n2/C=C/c2ccccc2)CCN(C)C1.Cc1ccc2c(c1)c1c(n2/C=C/c2ccncc2)CCN(C)C1.Cc1ccc2c(c1)c1c(n2/C=C\c2cccnc2)CCN(C)C1.Cc1ccc2c(c1)c1c(n2/C=C\c2cccnc2)CCN(Cc2ccccc2)C1. The van der Waals surface area contributed by atoms with Crippen LogP contribution in [-0.4, -0.2) is 100 Å². The fourth-order valence-corrected chi connectivity index (χ4v) is 14.8. The number of benzene rings is 6. The summed E-state index contributed by atoms with van der Waals surface area (Å²) in [6.45, 7) is 18.2. The Morgan fingerprint density at radius 1 is 0.327 bits per heavy atom. The van der Waals surface area contributed by atoms with E-state index in [1.165, 1.54) is 128 Å². The summed E-state index contributed by atoms with van der Waals surface area (Å²) >= 11 is 0. The van der Waals surface area contributed by atoms with Crippen LogP contribution < -0.4 is 0 Å². The standard InChI is InChI=1S/C26H25N3.C21H22N2.2C20H21N3/c1-20-9-10-25-23(16-20)24-19-28(18-22-6-3-2-4-7-22)14-12-26(24)29(25)15-11-21-8-5-13-27-17-21;1-16-8-9-20-18(14-16)19-15-22(2)12-11-21(19)23(20)13-10-17-6-4-3-5-7-17;1-15-3-4-19-17(13-15)18-14-22(2)11-8-20(18)23(19)12-7-16-5-9-21-10-6-16;1-15-5-6-19-17(12-15)18-14-22(2)10-8-20(18)23(19)11-7-16-4-3-9-21-13-16/h2-11,13,15-17H,12,14,18-19H2,1H3;3-10,13-14H,11-12,15H2,1-2H3;3-7,9-10,12-13H,8,11,14H2,1-2H3;3-7,9,11-13H,8,10,14H2,1-2H3/b15-11-;13-10+;12-7+;11-7-. The Balaban J connectivity index is 0.000000112. The van der Waals surface area contributed by atoms with Crippen molar-refractivity contribution in [2.75, 3.05) is 47.3 Å². The highest BCUT2D eigenvalue weighted by Gasteiger charge is 2.26. The molecule has 0 amide bonds. The predicted molar refractivity (Wildman–Crippen MR) is 411 cm³/mol. The number of aromatic nitrogens is 7. The topological polar surface area (TPSA) is 71.4 Å². The first-order valence-electron chi connectivity index (χ1n) is 34.7. The van der Waals surface area contributed by atoms with Crippen LogP contribution in [0.3, 0.4) is 0 Å². The van der Waals surface area contributed by atoms with E-state index >= 15 is 0 Å². The Labute approximate surface area is 577 Å². The van der Waals surface area contributed by atoms with Gasteiger partial charge in [0.1, 0.15) is 0 Å². The highest BCUT2D eigenvalue weighted by Crippen LogP contribution is 2.37. The maximum Gasteiger partial charge on any atom is 0.0528 e. The van der Waals surface area contributed by atoms with E-state index in [2.05, 4.69) is 296 Å². The summed E-state index contributed by atoms with van der Waals surface area (Å²) in [5, 5.41) is 5.58. The van der Waals surface area contributed by atoms with Crippen LogP contribution in [0.2, 0.25) is 0 Å². The fraction of sp³-hybridized carbons (Fsp3) is 0.230. The van der Waals surface area contributed by atoms with Gasteiger partial charge in [-0.05, 0) is 196 Å². The van der Waals surface area contributed by atoms with Crippen molar-refractivity contribution in [1.82, 2.24) is 52.8 Å². The minimum atomic E-state index is 0.998. The van der Waals surface area contributed by atoms with Gasteiger partial charge in [-0.3, -0.25) is 19.9 Å². The van der Waals surface area contributed by atoms with E-state index < -0.39 is 0 Å². The Bertz CT molecular complexity index is 4690. The van der Waals surface area contributed by atoms with Gasteiger partial charge in [-0.25, -0.2) is 0 Å². The molecule has 492 valence electrons. The molecule has 11 nitrogen and oxygen atoms in total. The normalized spacial score (nSPS) is 15.1. The number of hydrogen-bond acceptors (Lipinski definition) is 7. The van der Waals surface area contributed by atoms with Crippen LogP contribution in [0.4, 0.5) is 0 Å². The third-order valence-electron chi connectivity index (χ3n) is 19.8. The first-order chi connectivity index (χ1) is 47.9. The van der Waals surface area contributed by atoms with E-state index in [9.17, 15) is 0 Å². The maximum absolute atomic E-state index is 4.23. The van der Waals surface area contributed by atoms with Crippen molar-refractivity contribution in [3.63, 3.8) is 0 Å². The van der Waals surface area contributed by atoms with Crippen LogP contribution in [-0.2, 0) is 58.4 Å². The van der Waals surface area contributed by atoms with Gasteiger partial charge in [0.05, 0.1) is 22.1 Å². The first-order valence-corrected chi connectivity index (χ1v) is 34.7. The number of rotatable bonds is 10. The molecule has 17 rings (SSSR count). The molecule has 0 radical (unpaired) electrons. The number of fused-ring (bicyclic) bond motifs is 12. The van der Waals surface area contributed by atoms with Crippen LogP contribution >= 0.6 is 0 Å². The van der Waals surface area contributed by atoms with Crippen LogP contribution in [0.1, 0.15) is 95.1 Å². The van der Waals surface area contributed by atoms with Crippen molar-refractivity contribution >= 4 is 92.7 Å². The average molecular weight is 1290 g/mol. The van der Waals surface area contributed by atoms with Gasteiger partial charge in [-0.1, -0.05) is 119 Å². The Morgan fingerprint density at radius 2 is 0.663 bits per heavy atom. The predicted octanol–water partition coefficient (Wildman–Crippen LogP) is 18.0. The minimum Gasteiger partial charge on any atom is -0.320 e. The van der Waals surface area contributed by atoms with Gasteiger partial charge in [0.25, 0.3) is 0 Å². The molecule has 11 heteroatoms. The first kappa shape index (κ1) is 65.0. The average Bonchev–Trinajstić information content (AvgIpc) is 1.63. The second-order valence-electron chi connectivity index (χ2n) is 27.2. The molecule has 0 spiro atoms. The lowest BCUT2D eigenvalue weighted by molar-refractivity contribution is 0.245. The van der Waals surface area contributed by atoms with Crippen LogP contribution in [0.15, 0.2) is 207 Å². The zero-order valence-electron chi connectivity index (χ0n) is 57.9. The summed E-state index contributed by atoms with van der Waals surface area (Å²) in [6, 6.07) is 60.7. The van der Waals surface area contributed by atoms with E-state index in [1.807, 2.05) is 61.4 Å².